The van der Waals surface area contributed by atoms with E-state index in [1.54, 1.807) is 25.7 Å². The number of nitrogens with zero attached hydrogens (tertiary/aromatic N) is 1. The molecule has 24 heavy (non-hydrogen) atoms. The van der Waals surface area contributed by atoms with Crippen molar-refractivity contribution in [2.24, 2.45) is 0 Å². The fraction of sp³-hybridized carbons (Fsp3) is 0.588. The summed E-state index contributed by atoms with van der Waals surface area (Å²) in [5.74, 6) is 0. The van der Waals surface area contributed by atoms with Gasteiger partial charge in [0, 0.05) is 30.7 Å². The normalized spacial score (nSPS) is 23.3. The van der Waals surface area contributed by atoms with E-state index in [0.717, 1.165) is 6.07 Å². The number of hydrogen-bond donors (Lipinski definition) is 1. The van der Waals surface area contributed by atoms with Crippen LogP contribution in [0.25, 0.3) is 0 Å². The van der Waals surface area contributed by atoms with E-state index in [9.17, 15) is 18.0 Å². The number of amides is 1. The van der Waals surface area contributed by atoms with E-state index < -0.39 is 28.8 Å². The van der Waals surface area contributed by atoms with Crippen LogP contribution < -0.4 is 5.32 Å². The topological polar surface area (TPSA) is 41.6 Å². The highest BCUT2D eigenvalue weighted by atomic mass is 19.4. The van der Waals surface area contributed by atoms with Crippen LogP contribution in [0.3, 0.4) is 0 Å². The van der Waals surface area contributed by atoms with E-state index >= 15 is 0 Å². The van der Waals surface area contributed by atoms with E-state index in [0.29, 0.717) is 37.3 Å². The summed E-state index contributed by atoms with van der Waals surface area (Å²) in [5.41, 5.74) is -0.368. The minimum absolute atomic E-state index is 0.364. The molecular weight excluding hydrogens is 321 g/mol. The van der Waals surface area contributed by atoms with Gasteiger partial charge in [0.2, 0.25) is 0 Å². The van der Waals surface area contributed by atoms with Crippen molar-refractivity contribution in [1.29, 1.82) is 0 Å². The van der Waals surface area contributed by atoms with Gasteiger partial charge in [0.1, 0.15) is 5.60 Å². The molecule has 1 aromatic carbocycles. The van der Waals surface area contributed by atoms with Crippen molar-refractivity contribution in [3.8, 4) is 0 Å². The van der Waals surface area contributed by atoms with E-state index in [-0.39, 0.29) is 0 Å². The van der Waals surface area contributed by atoms with Gasteiger partial charge in [-0.2, -0.15) is 13.2 Å². The first-order valence-corrected chi connectivity index (χ1v) is 7.94. The van der Waals surface area contributed by atoms with Crippen LogP contribution in [-0.2, 0) is 16.3 Å². The number of nitrogens with one attached hydrogen (secondary N) is 1. The molecule has 3 rings (SSSR count). The van der Waals surface area contributed by atoms with Crippen molar-refractivity contribution in [2.75, 3.05) is 25.0 Å². The minimum atomic E-state index is -4.37. The Bertz CT molecular complexity index is 667. The summed E-state index contributed by atoms with van der Waals surface area (Å²) in [6.45, 7) is 6.74. The van der Waals surface area contributed by atoms with E-state index in [2.05, 4.69) is 5.32 Å². The van der Waals surface area contributed by atoms with Gasteiger partial charge in [0.15, 0.2) is 0 Å². The first-order chi connectivity index (χ1) is 11.0. The zero-order valence-electron chi connectivity index (χ0n) is 14.0. The minimum Gasteiger partial charge on any atom is -0.444 e. The van der Waals surface area contributed by atoms with Gasteiger partial charge in [-0.25, -0.2) is 4.79 Å². The van der Waals surface area contributed by atoms with Gasteiger partial charge in [-0.05, 0) is 51.0 Å². The number of carbonyl (C=O) groups is 1. The fourth-order valence-electron chi connectivity index (χ4n) is 3.39. The molecule has 1 amide bonds. The van der Waals surface area contributed by atoms with Crippen molar-refractivity contribution < 1.29 is 22.7 Å². The molecule has 2 aliphatic rings. The molecular formula is C17H21F3N2O2. The van der Waals surface area contributed by atoms with Crippen LogP contribution >= 0.6 is 0 Å². The molecule has 7 heteroatoms. The Morgan fingerprint density at radius 1 is 1.29 bits per heavy atom. The molecule has 0 bridgehead atoms. The largest absolute Gasteiger partial charge is 0.444 e. The second kappa shape index (κ2) is 5.29. The Balaban J connectivity index is 1.84. The summed E-state index contributed by atoms with van der Waals surface area (Å²) in [6, 6.07) is 3.78. The third-order valence-electron chi connectivity index (χ3n) is 4.54. The van der Waals surface area contributed by atoms with E-state index in [1.807, 2.05) is 0 Å². The predicted molar refractivity (Wildman–Crippen MR) is 84.0 cm³/mol. The maximum atomic E-state index is 13.0. The predicted octanol–water partition coefficient (Wildman–Crippen LogP) is 4.01. The Morgan fingerprint density at radius 2 is 2.00 bits per heavy atom. The zero-order valence-corrected chi connectivity index (χ0v) is 14.0. The highest BCUT2D eigenvalue weighted by molar-refractivity contribution is 5.70. The van der Waals surface area contributed by atoms with Crippen LogP contribution in [0.1, 0.15) is 38.3 Å². The third-order valence-corrected chi connectivity index (χ3v) is 4.54. The highest BCUT2D eigenvalue weighted by Gasteiger charge is 2.47. The van der Waals surface area contributed by atoms with Gasteiger partial charge in [-0.1, -0.05) is 0 Å². The molecule has 2 aliphatic heterocycles. The number of hydrogen-bond acceptors (Lipinski definition) is 3. The quantitative estimate of drug-likeness (QED) is 0.775. The lowest BCUT2D eigenvalue weighted by Gasteiger charge is -2.27. The van der Waals surface area contributed by atoms with Crippen LogP contribution in [0.15, 0.2) is 18.2 Å². The van der Waals surface area contributed by atoms with Crippen molar-refractivity contribution in [2.45, 2.75) is 44.4 Å². The van der Waals surface area contributed by atoms with Crippen LogP contribution in [0, 0.1) is 0 Å². The molecule has 0 radical (unpaired) electrons. The summed E-state index contributed by atoms with van der Waals surface area (Å²) >= 11 is 0. The number of carbonyl (C=O) groups excluding carboxylic acids is 1. The SMILES string of the molecule is CC(C)(C)OC(=O)N1CCC2(CNc3ccc(C(F)(F)F)cc32)C1. The maximum Gasteiger partial charge on any atom is 0.416 e. The van der Waals surface area contributed by atoms with Crippen molar-refractivity contribution in [1.82, 2.24) is 4.90 Å². The number of rotatable bonds is 0. The Morgan fingerprint density at radius 3 is 2.62 bits per heavy atom. The summed E-state index contributed by atoms with van der Waals surface area (Å²) in [7, 11) is 0. The van der Waals surface area contributed by atoms with Crippen LogP contribution in [0.5, 0.6) is 0 Å². The molecule has 2 heterocycles. The number of halogens is 3. The molecule has 1 atom stereocenters. The Labute approximate surface area is 139 Å². The number of likely N-dealkylation sites (tertiary alicyclic amines) is 1. The first-order valence-electron chi connectivity index (χ1n) is 7.94. The average molecular weight is 342 g/mol. The Hall–Kier alpha value is -1.92. The molecule has 1 aromatic rings. The van der Waals surface area contributed by atoms with Crippen molar-refractivity contribution in [3.05, 3.63) is 29.3 Å². The number of ether oxygens (including phenoxy) is 1. The van der Waals surface area contributed by atoms with E-state index in [1.165, 1.54) is 12.1 Å². The molecule has 132 valence electrons. The van der Waals surface area contributed by atoms with Gasteiger partial charge < -0.3 is 15.0 Å². The smallest absolute Gasteiger partial charge is 0.416 e. The van der Waals surface area contributed by atoms with Gasteiger partial charge in [-0.15, -0.1) is 0 Å². The van der Waals surface area contributed by atoms with Crippen LogP contribution in [0.4, 0.5) is 23.7 Å². The Kier molecular flexibility index (Phi) is 3.73. The lowest BCUT2D eigenvalue weighted by atomic mass is 9.81. The lowest BCUT2D eigenvalue weighted by molar-refractivity contribution is -0.137. The highest BCUT2D eigenvalue weighted by Crippen LogP contribution is 2.45. The molecule has 1 spiro atoms. The third kappa shape index (κ3) is 3.03. The summed E-state index contributed by atoms with van der Waals surface area (Å²) in [6.07, 6.45) is -4.17. The van der Waals surface area contributed by atoms with Gasteiger partial charge in [0.25, 0.3) is 0 Å². The molecule has 0 saturated carbocycles. The number of fused-ring (bicyclic) bond motifs is 2. The van der Waals surface area contributed by atoms with Gasteiger partial charge in [0.05, 0.1) is 5.56 Å². The summed E-state index contributed by atoms with van der Waals surface area (Å²) in [4.78, 5) is 13.8. The number of alkyl halides is 3. The molecule has 0 aromatic heterocycles. The monoisotopic (exact) mass is 342 g/mol. The lowest BCUT2D eigenvalue weighted by Crippen LogP contribution is -2.39. The molecule has 1 fully saturated rings. The van der Waals surface area contributed by atoms with Crippen LogP contribution in [-0.4, -0.2) is 36.2 Å². The standard InChI is InChI=1S/C17H21F3N2O2/c1-15(2,3)24-14(23)22-7-6-16(10-22)9-21-13-5-4-11(8-12(13)16)17(18,19)20/h4-5,8,21H,6-7,9-10H2,1-3H3. The molecule has 4 nitrogen and oxygen atoms in total. The van der Waals surface area contributed by atoms with Crippen LogP contribution in [0.2, 0.25) is 0 Å². The zero-order chi connectivity index (χ0) is 17.8. The molecule has 0 aliphatic carbocycles. The average Bonchev–Trinajstić information content (AvgIpc) is 3.02. The summed E-state index contributed by atoms with van der Waals surface area (Å²) < 4.78 is 44.4. The maximum absolute atomic E-state index is 13.0. The second-order valence-electron chi connectivity index (χ2n) is 7.54. The van der Waals surface area contributed by atoms with Gasteiger partial charge >= 0.3 is 12.3 Å². The second-order valence-corrected chi connectivity index (χ2v) is 7.54. The number of benzene rings is 1. The van der Waals surface area contributed by atoms with E-state index in [4.69, 9.17) is 4.74 Å². The van der Waals surface area contributed by atoms with Crippen molar-refractivity contribution >= 4 is 11.8 Å². The fourth-order valence-corrected chi connectivity index (χ4v) is 3.39. The molecule has 1 unspecified atom stereocenters. The molecule has 1 N–H and O–H groups in total. The molecule has 1 saturated heterocycles. The van der Waals surface area contributed by atoms with Crippen molar-refractivity contribution in [3.63, 3.8) is 0 Å². The number of anilines is 1. The van der Waals surface area contributed by atoms with Gasteiger partial charge in [-0.3, -0.25) is 0 Å². The first kappa shape index (κ1) is 16.9. The summed E-state index contributed by atoms with van der Waals surface area (Å²) in [5, 5.41) is 3.17.